The smallest absolute Gasteiger partial charge is 0.340 e. The topological polar surface area (TPSA) is 99.8 Å². The summed E-state index contributed by atoms with van der Waals surface area (Å²) >= 11 is 6.16. The van der Waals surface area contributed by atoms with Gasteiger partial charge in [-0.05, 0) is 25.0 Å². The van der Waals surface area contributed by atoms with E-state index in [0.29, 0.717) is 24.5 Å². The Kier molecular flexibility index (Phi) is 4.47. The maximum Gasteiger partial charge on any atom is 0.340 e. The molecule has 0 unspecified atom stereocenters. The molecule has 24 heavy (non-hydrogen) atoms. The number of rotatable bonds is 2. The normalized spacial score (nSPS) is 18.5. The monoisotopic (exact) mass is 367 g/mol. The van der Waals surface area contributed by atoms with Gasteiger partial charge in [0, 0.05) is 13.0 Å². The van der Waals surface area contributed by atoms with Gasteiger partial charge in [-0.2, -0.15) is 13.7 Å². The molecule has 0 spiro atoms. The molecular formula is C15H14ClN3O4S. The van der Waals surface area contributed by atoms with E-state index in [1.165, 1.54) is 12.1 Å². The molecule has 126 valence electrons. The van der Waals surface area contributed by atoms with E-state index in [0.717, 1.165) is 19.3 Å². The van der Waals surface area contributed by atoms with Crippen molar-refractivity contribution in [1.82, 2.24) is 0 Å². The van der Waals surface area contributed by atoms with E-state index in [-0.39, 0.29) is 15.5 Å². The minimum atomic E-state index is -3.91. The summed E-state index contributed by atoms with van der Waals surface area (Å²) in [6.07, 6.45) is 3.38. The van der Waals surface area contributed by atoms with Crippen molar-refractivity contribution in [3.8, 4) is 6.07 Å². The summed E-state index contributed by atoms with van der Waals surface area (Å²) in [5.74, 6) is -0.332. The lowest BCUT2D eigenvalue weighted by Crippen LogP contribution is -2.35. The molecule has 0 saturated carbocycles. The van der Waals surface area contributed by atoms with Crippen LogP contribution in [0.1, 0.15) is 36.0 Å². The first kappa shape index (κ1) is 16.7. The summed E-state index contributed by atoms with van der Waals surface area (Å²) in [5.41, 5.74) is 0.339. The Balaban J connectivity index is 2.11. The standard InChI is InChI=1S/C15H14ClN3O4S/c16-11-9-12-13(8-10(11)15(20)23-7-5-17)24(21,22)18-14-4-2-1-3-6-19(12)14/h8-9H,1-4,6-7H2. The third kappa shape index (κ3) is 2.97. The fourth-order valence-electron chi connectivity index (χ4n) is 2.83. The summed E-state index contributed by atoms with van der Waals surface area (Å²) in [6.45, 7) is 0.212. The number of ether oxygens (including phenoxy) is 1. The number of anilines is 1. The van der Waals surface area contributed by atoms with Crippen LogP contribution in [0.25, 0.3) is 0 Å². The third-order valence-electron chi connectivity index (χ3n) is 3.92. The van der Waals surface area contributed by atoms with Crippen LogP contribution < -0.4 is 4.90 Å². The number of hydrogen-bond acceptors (Lipinski definition) is 6. The lowest BCUT2D eigenvalue weighted by Gasteiger charge is -2.30. The molecule has 0 N–H and O–H groups in total. The average molecular weight is 368 g/mol. The van der Waals surface area contributed by atoms with Gasteiger partial charge in [0.1, 0.15) is 16.8 Å². The molecule has 1 fully saturated rings. The van der Waals surface area contributed by atoms with Gasteiger partial charge in [-0.3, -0.25) is 0 Å². The number of benzene rings is 1. The number of nitriles is 1. The second-order valence-corrected chi connectivity index (χ2v) is 7.46. The van der Waals surface area contributed by atoms with Crippen LogP contribution >= 0.6 is 11.6 Å². The van der Waals surface area contributed by atoms with E-state index in [9.17, 15) is 13.2 Å². The summed E-state index contributed by atoms with van der Waals surface area (Å²) < 4.78 is 33.6. The van der Waals surface area contributed by atoms with Crippen LogP contribution in [0.4, 0.5) is 5.69 Å². The zero-order chi connectivity index (χ0) is 17.3. The van der Waals surface area contributed by atoms with Crippen molar-refractivity contribution < 1.29 is 17.9 Å². The highest BCUT2D eigenvalue weighted by atomic mass is 35.5. The van der Waals surface area contributed by atoms with E-state index in [2.05, 4.69) is 4.40 Å². The van der Waals surface area contributed by atoms with Crippen molar-refractivity contribution in [1.29, 1.82) is 5.26 Å². The van der Waals surface area contributed by atoms with Crippen LogP contribution in [0.3, 0.4) is 0 Å². The minimum Gasteiger partial charge on any atom is -0.447 e. The van der Waals surface area contributed by atoms with Gasteiger partial charge in [-0.25, -0.2) is 4.79 Å². The van der Waals surface area contributed by atoms with Crippen LogP contribution in [0.15, 0.2) is 21.4 Å². The number of nitrogens with zero attached hydrogens (tertiary/aromatic N) is 3. The van der Waals surface area contributed by atoms with Crippen LogP contribution in [0.2, 0.25) is 5.02 Å². The fourth-order valence-corrected chi connectivity index (χ4v) is 4.33. The zero-order valence-corrected chi connectivity index (χ0v) is 14.2. The Morgan fingerprint density at radius 2 is 2.17 bits per heavy atom. The lowest BCUT2D eigenvalue weighted by molar-refractivity contribution is 0.0555. The second-order valence-electron chi connectivity index (χ2n) is 5.48. The maximum absolute atomic E-state index is 12.5. The Morgan fingerprint density at radius 3 is 2.92 bits per heavy atom. The highest BCUT2D eigenvalue weighted by Crippen LogP contribution is 2.38. The third-order valence-corrected chi connectivity index (χ3v) is 5.57. The predicted octanol–water partition coefficient (Wildman–Crippen LogP) is 2.50. The lowest BCUT2D eigenvalue weighted by atomic mass is 10.1. The van der Waals surface area contributed by atoms with Crippen molar-refractivity contribution in [2.75, 3.05) is 18.1 Å². The Labute approximate surface area is 144 Å². The summed E-state index contributed by atoms with van der Waals surface area (Å²) in [4.78, 5) is 13.7. The van der Waals surface area contributed by atoms with Crippen LogP contribution in [0.5, 0.6) is 0 Å². The highest BCUT2D eigenvalue weighted by Gasteiger charge is 2.33. The molecule has 0 amide bonds. The van der Waals surface area contributed by atoms with Crippen molar-refractivity contribution in [3.05, 3.63) is 22.7 Å². The number of hydrogen-bond donors (Lipinski definition) is 0. The van der Waals surface area contributed by atoms with Crippen molar-refractivity contribution in [2.45, 2.75) is 30.6 Å². The molecule has 1 aromatic carbocycles. The number of esters is 1. The van der Waals surface area contributed by atoms with E-state index in [4.69, 9.17) is 21.6 Å². The first-order valence-electron chi connectivity index (χ1n) is 7.43. The first-order valence-corrected chi connectivity index (χ1v) is 9.25. The molecule has 1 saturated heterocycles. The summed E-state index contributed by atoms with van der Waals surface area (Å²) in [5, 5.41) is 8.56. The molecule has 0 aromatic heterocycles. The van der Waals surface area contributed by atoms with Gasteiger partial charge in [0.05, 0.1) is 16.3 Å². The van der Waals surface area contributed by atoms with Gasteiger partial charge in [-0.15, -0.1) is 4.40 Å². The van der Waals surface area contributed by atoms with Gasteiger partial charge in [0.25, 0.3) is 10.0 Å². The number of fused-ring (bicyclic) bond motifs is 3. The summed E-state index contributed by atoms with van der Waals surface area (Å²) in [7, 11) is -3.91. The minimum absolute atomic E-state index is 0.0681. The molecule has 2 aliphatic rings. The highest BCUT2D eigenvalue weighted by molar-refractivity contribution is 7.90. The van der Waals surface area contributed by atoms with Gasteiger partial charge in [0.2, 0.25) is 0 Å². The molecule has 2 heterocycles. The largest absolute Gasteiger partial charge is 0.447 e. The predicted molar refractivity (Wildman–Crippen MR) is 87.8 cm³/mol. The Hall–Kier alpha value is -2.11. The van der Waals surface area contributed by atoms with Gasteiger partial charge < -0.3 is 9.64 Å². The van der Waals surface area contributed by atoms with E-state index in [1.54, 1.807) is 6.07 Å². The second kappa shape index (κ2) is 6.42. The quantitative estimate of drug-likeness (QED) is 0.744. The fraction of sp³-hybridized carbons (Fsp3) is 0.400. The van der Waals surface area contributed by atoms with Crippen LogP contribution in [0, 0.1) is 11.3 Å². The van der Waals surface area contributed by atoms with Gasteiger partial charge >= 0.3 is 5.97 Å². The zero-order valence-electron chi connectivity index (χ0n) is 12.7. The molecule has 3 rings (SSSR count). The average Bonchev–Trinajstić information content (AvgIpc) is 2.76. The molecule has 0 radical (unpaired) electrons. The maximum atomic E-state index is 12.5. The molecule has 0 bridgehead atoms. The molecule has 0 aliphatic carbocycles. The van der Waals surface area contributed by atoms with Crippen molar-refractivity contribution >= 4 is 39.1 Å². The first-order chi connectivity index (χ1) is 11.4. The number of carbonyl (C=O) groups is 1. The van der Waals surface area contributed by atoms with Gasteiger partial charge in [-0.1, -0.05) is 18.0 Å². The van der Waals surface area contributed by atoms with Crippen LogP contribution in [-0.2, 0) is 14.8 Å². The van der Waals surface area contributed by atoms with Crippen LogP contribution in [-0.4, -0.2) is 33.4 Å². The van der Waals surface area contributed by atoms with Crippen molar-refractivity contribution in [3.63, 3.8) is 0 Å². The summed E-state index contributed by atoms with van der Waals surface area (Å²) in [6, 6.07) is 4.31. The number of amidine groups is 1. The molecule has 7 nitrogen and oxygen atoms in total. The van der Waals surface area contributed by atoms with Gasteiger partial charge in [0.15, 0.2) is 6.61 Å². The number of carbonyl (C=O) groups excluding carboxylic acids is 1. The SMILES string of the molecule is N#CCOC(=O)c1cc2c(cc1Cl)N1CCCCCC1=NS2(=O)=O. The molecule has 2 aliphatic heterocycles. The van der Waals surface area contributed by atoms with E-state index >= 15 is 0 Å². The van der Waals surface area contributed by atoms with Crippen molar-refractivity contribution in [2.24, 2.45) is 4.40 Å². The molecular weight excluding hydrogens is 354 g/mol. The number of halogens is 1. The Morgan fingerprint density at radius 1 is 1.38 bits per heavy atom. The van der Waals surface area contributed by atoms with E-state index in [1.807, 2.05) is 4.90 Å². The molecule has 1 aromatic rings. The Bertz CT molecular complexity index is 873. The molecule has 9 heteroatoms. The molecule has 0 atom stereocenters. The number of sulfonamides is 1. The van der Waals surface area contributed by atoms with E-state index < -0.39 is 22.6 Å².